The molecule has 1 heterocycles. The van der Waals surface area contributed by atoms with Crippen LogP contribution in [-0.2, 0) is 12.7 Å². The summed E-state index contributed by atoms with van der Waals surface area (Å²) in [7, 11) is 0. The summed E-state index contributed by atoms with van der Waals surface area (Å²) in [4.78, 5) is 14.9. The zero-order valence-electron chi connectivity index (χ0n) is 10.7. The van der Waals surface area contributed by atoms with Gasteiger partial charge in [0.2, 0.25) is 0 Å². The van der Waals surface area contributed by atoms with E-state index >= 15 is 0 Å². The number of aromatic carboxylic acids is 1. The Kier molecular flexibility index (Phi) is 4.11. The van der Waals surface area contributed by atoms with Gasteiger partial charge in [-0.15, -0.1) is 0 Å². The number of carboxylic acid groups (broad SMARTS) is 1. The number of pyridine rings is 1. The van der Waals surface area contributed by atoms with Gasteiger partial charge in [0.1, 0.15) is 0 Å². The molecular formula is C14H11F3N2O2. The maximum atomic E-state index is 12.8. The highest BCUT2D eigenvalue weighted by molar-refractivity contribution is 5.90. The lowest BCUT2D eigenvalue weighted by atomic mass is 10.1. The van der Waals surface area contributed by atoms with Crippen molar-refractivity contribution in [1.82, 2.24) is 4.98 Å². The van der Waals surface area contributed by atoms with Gasteiger partial charge in [0, 0.05) is 11.9 Å². The van der Waals surface area contributed by atoms with Crippen molar-refractivity contribution in [1.29, 1.82) is 0 Å². The van der Waals surface area contributed by atoms with Crippen LogP contribution in [0.2, 0.25) is 0 Å². The van der Waals surface area contributed by atoms with E-state index in [1.807, 2.05) is 0 Å². The van der Waals surface area contributed by atoms with E-state index in [0.29, 0.717) is 5.69 Å². The molecule has 110 valence electrons. The first kappa shape index (κ1) is 14.8. The molecule has 0 aliphatic carbocycles. The van der Waals surface area contributed by atoms with Crippen molar-refractivity contribution in [2.24, 2.45) is 0 Å². The van der Waals surface area contributed by atoms with Gasteiger partial charge in [-0.25, -0.2) is 4.79 Å². The third-order valence-corrected chi connectivity index (χ3v) is 2.76. The van der Waals surface area contributed by atoms with Crippen LogP contribution in [-0.4, -0.2) is 16.1 Å². The molecule has 0 saturated carbocycles. The van der Waals surface area contributed by atoms with Gasteiger partial charge in [0.15, 0.2) is 0 Å². The molecule has 0 fully saturated rings. The summed E-state index contributed by atoms with van der Waals surface area (Å²) in [5, 5.41) is 11.6. The van der Waals surface area contributed by atoms with E-state index in [1.54, 1.807) is 24.4 Å². The fraction of sp³-hybridized carbons (Fsp3) is 0.143. The van der Waals surface area contributed by atoms with E-state index in [0.717, 1.165) is 12.1 Å². The quantitative estimate of drug-likeness (QED) is 0.907. The molecule has 0 bridgehead atoms. The molecule has 0 aliphatic heterocycles. The predicted octanol–water partition coefficient (Wildman–Crippen LogP) is 3.41. The van der Waals surface area contributed by atoms with Crippen molar-refractivity contribution in [3.05, 3.63) is 59.4 Å². The first-order valence-electron chi connectivity index (χ1n) is 5.96. The van der Waals surface area contributed by atoms with Crippen molar-refractivity contribution >= 4 is 11.7 Å². The average molecular weight is 296 g/mol. The Morgan fingerprint density at radius 1 is 1.24 bits per heavy atom. The normalized spacial score (nSPS) is 11.2. The largest absolute Gasteiger partial charge is 0.478 e. The van der Waals surface area contributed by atoms with Crippen LogP contribution < -0.4 is 5.32 Å². The number of nitrogens with one attached hydrogen (secondary N) is 1. The number of carbonyl (C=O) groups is 1. The summed E-state index contributed by atoms with van der Waals surface area (Å²) in [5.41, 5.74) is -1.11. The van der Waals surface area contributed by atoms with Gasteiger partial charge < -0.3 is 10.4 Å². The number of carboxylic acids is 1. The summed E-state index contributed by atoms with van der Waals surface area (Å²) < 4.78 is 38.5. The second-order valence-electron chi connectivity index (χ2n) is 4.24. The van der Waals surface area contributed by atoms with E-state index in [4.69, 9.17) is 5.11 Å². The molecule has 0 spiro atoms. The minimum atomic E-state index is -4.73. The molecule has 4 nitrogen and oxygen atoms in total. The maximum Gasteiger partial charge on any atom is 0.417 e. The number of nitrogens with zero attached hydrogens (tertiary/aromatic N) is 1. The van der Waals surface area contributed by atoms with Crippen LogP contribution >= 0.6 is 0 Å². The van der Waals surface area contributed by atoms with Gasteiger partial charge >= 0.3 is 12.1 Å². The van der Waals surface area contributed by atoms with E-state index in [-0.39, 0.29) is 12.2 Å². The first-order chi connectivity index (χ1) is 9.88. The molecule has 7 heteroatoms. The lowest BCUT2D eigenvalue weighted by molar-refractivity contribution is -0.138. The Hall–Kier alpha value is -2.57. The monoisotopic (exact) mass is 296 g/mol. The molecule has 0 saturated heterocycles. The number of benzene rings is 1. The second-order valence-corrected chi connectivity index (χ2v) is 4.24. The topological polar surface area (TPSA) is 62.2 Å². The fourth-order valence-corrected chi connectivity index (χ4v) is 1.77. The van der Waals surface area contributed by atoms with Crippen LogP contribution in [0.1, 0.15) is 21.6 Å². The SMILES string of the molecule is O=C(O)c1ccc(NCc2ccccn2)cc1C(F)(F)F. The van der Waals surface area contributed by atoms with Crippen LogP contribution in [0.5, 0.6) is 0 Å². The molecule has 1 aromatic carbocycles. The van der Waals surface area contributed by atoms with Gasteiger partial charge in [-0.3, -0.25) is 4.98 Å². The van der Waals surface area contributed by atoms with Gasteiger partial charge in [-0.1, -0.05) is 6.07 Å². The lowest BCUT2D eigenvalue weighted by Gasteiger charge is -2.13. The fourth-order valence-electron chi connectivity index (χ4n) is 1.77. The van der Waals surface area contributed by atoms with E-state index < -0.39 is 23.3 Å². The van der Waals surface area contributed by atoms with Crippen LogP contribution in [0.15, 0.2) is 42.6 Å². The summed E-state index contributed by atoms with van der Waals surface area (Å²) in [5.74, 6) is -1.61. The second kappa shape index (κ2) is 5.82. The van der Waals surface area contributed by atoms with Crippen LogP contribution in [0.4, 0.5) is 18.9 Å². The Labute approximate surface area is 118 Å². The van der Waals surface area contributed by atoms with Gasteiger partial charge in [-0.05, 0) is 30.3 Å². The van der Waals surface area contributed by atoms with Crippen LogP contribution in [0.25, 0.3) is 0 Å². The number of hydrogen-bond donors (Lipinski definition) is 2. The minimum Gasteiger partial charge on any atom is -0.478 e. The first-order valence-corrected chi connectivity index (χ1v) is 5.96. The molecule has 0 aliphatic rings. The van der Waals surface area contributed by atoms with Crippen molar-refractivity contribution in [3.8, 4) is 0 Å². The zero-order chi connectivity index (χ0) is 15.5. The molecule has 1 aromatic heterocycles. The molecule has 2 aromatic rings. The Balaban J connectivity index is 2.24. The van der Waals surface area contributed by atoms with E-state index in [2.05, 4.69) is 10.3 Å². The number of hydrogen-bond acceptors (Lipinski definition) is 3. The molecule has 2 rings (SSSR count). The Morgan fingerprint density at radius 3 is 2.57 bits per heavy atom. The highest BCUT2D eigenvalue weighted by Crippen LogP contribution is 2.33. The number of alkyl halides is 3. The highest BCUT2D eigenvalue weighted by atomic mass is 19.4. The Morgan fingerprint density at radius 2 is 2.00 bits per heavy atom. The van der Waals surface area contributed by atoms with Crippen LogP contribution in [0.3, 0.4) is 0 Å². The number of halogens is 3. The van der Waals surface area contributed by atoms with Crippen molar-refractivity contribution in [2.45, 2.75) is 12.7 Å². The summed E-state index contributed by atoms with van der Waals surface area (Å²) >= 11 is 0. The third kappa shape index (κ3) is 3.71. The highest BCUT2D eigenvalue weighted by Gasteiger charge is 2.35. The predicted molar refractivity (Wildman–Crippen MR) is 70.0 cm³/mol. The molecule has 0 atom stereocenters. The van der Waals surface area contributed by atoms with Crippen LogP contribution in [0, 0.1) is 0 Å². The van der Waals surface area contributed by atoms with Crippen molar-refractivity contribution in [2.75, 3.05) is 5.32 Å². The molecular weight excluding hydrogens is 285 g/mol. The van der Waals surface area contributed by atoms with E-state index in [9.17, 15) is 18.0 Å². The van der Waals surface area contributed by atoms with E-state index in [1.165, 1.54) is 6.07 Å². The minimum absolute atomic E-state index is 0.179. The smallest absolute Gasteiger partial charge is 0.417 e. The summed E-state index contributed by atoms with van der Waals surface area (Å²) in [6, 6.07) is 8.23. The third-order valence-electron chi connectivity index (χ3n) is 2.76. The molecule has 0 unspecified atom stereocenters. The standard InChI is InChI=1S/C14H11F3N2O2/c15-14(16,17)12-7-9(4-5-11(12)13(20)21)19-8-10-3-1-2-6-18-10/h1-7,19H,8H2,(H,20,21). The van der Waals surface area contributed by atoms with Gasteiger partial charge in [-0.2, -0.15) is 13.2 Å². The number of rotatable bonds is 4. The van der Waals surface area contributed by atoms with Crippen molar-refractivity contribution < 1.29 is 23.1 Å². The average Bonchev–Trinajstić information content (AvgIpc) is 2.45. The van der Waals surface area contributed by atoms with Gasteiger partial charge in [0.25, 0.3) is 0 Å². The molecule has 0 radical (unpaired) electrons. The number of aromatic nitrogens is 1. The number of anilines is 1. The summed E-state index contributed by atoms with van der Waals surface area (Å²) in [6.07, 6.45) is -3.15. The molecule has 2 N–H and O–H groups in total. The van der Waals surface area contributed by atoms with Gasteiger partial charge in [0.05, 0.1) is 23.4 Å². The Bertz CT molecular complexity index is 642. The zero-order valence-corrected chi connectivity index (χ0v) is 10.7. The molecule has 21 heavy (non-hydrogen) atoms. The maximum absolute atomic E-state index is 12.8. The summed E-state index contributed by atoms with van der Waals surface area (Å²) in [6.45, 7) is 0.241. The molecule has 0 amide bonds. The lowest BCUT2D eigenvalue weighted by Crippen LogP contribution is -2.13. The van der Waals surface area contributed by atoms with Crippen molar-refractivity contribution in [3.63, 3.8) is 0 Å².